The molecule has 0 bridgehead atoms. The minimum Gasteiger partial charge on any atom is -0.478 e. The average molecular weight is 267 g/mol. The summed E-state index contributed by atoms with van der Waals surface area (Å²) < 4.78 is 0. The van der Waals surface area contributed by atoms with E-state index < -0.39 is 5.97 Å². The standard InChI is InChI=1S/C13H17NO3S/c1-8(2)7-14-13(17)11-6-9(3)10(18-11)4-5-12(15)16/h4-6,8H,7H2,1-3H3,(H,14,17)(H,15,16). The van der Waals surface area contributed by atoms with Crippen molar-refractivity contribution < 1.29 is 14.7 Å². The molecule has 0 atom stereocenters. The molecule has 0 unspecified atom stereocenters. The number of carbonyl (C=O) groups is 2. The summed E-state index contributed by atoms with van der Waals surface area (Å²) >= 11 is 1.30. The second kappa shape index (κ2) is 6.35. The molecule has 98 valence electrons. The molecule has 1 amide bonds. The summed E-state index contributed by atoms with van der Waals surface area (Å²) in [6.07, 6.45) is 2.59. The molecule has 0 aliphatic rings. The van der Waals surface area contributed by atoms with Crippen molar-refractivity contribution in [2.24, 2.45) is 5.92 Å². The van der Waals surface area contributed by atoms with E-state index in [2.05, 4.69) is 5.32 Å². The van der Waals surface area contributed by atoms with Crippen LogP contribution in [-0.2, 0) is 4.79 Å². The Morgan fingerprint density at radius 2 is 2.17 bits per heavy atom. The quantitative estimate of drug-likeness (QED) is 0.806. The SMILES string of the molecule is Cc1cc(C(=O)NCC(C)C)sc1C=CC(=O)O. The fourth-order valence-electron chi connectivity index (χ4n) is 1.30. The Morgan fingerprint density at radius 3 is 2.72 bits per heavy atom. The lowest BCUT2D eigenvalue weighted by molar-refractivity contribution is -0.131. The van der Waals surface area contributed by atoms with Crippen LogP contribution in [0, 0.1) is 12.8 Å². The molecular formula is C13H17NO3S. The molecule has 1 rings (SSSR count). The second-order valence-corrected chi connectivity index (χ2v) is 5.52. The van der Waals surface area contributed by atoms with E-state index >= 15 is 0 Å². The van der Waals surface area contributed by atoms with Crippen LogP contribution in [0.3, 0.4) is 0 Å². The first-order chi connectivity index (χ1) is 8.40. The zero-order valence-corrected chi connectivity index (χ0v) is 11.5. The van der Waals surface area contributed by atoms with Crippen LogP contribution in [0.5, 0.6) is 0 Å². The molecule has 1 heterocycles. The number of rotatable bonds is 5. The summed E-state index contributed by atoms with van der Waals surface area (Å²) in [5.41, 5.74) is 0.909. The summed E-state index contributed by atoms with van der Waals surface area (Å²) in [7, 11) is 0. The zero-order valence-electron chi connectivity index (χ0n) is 10.7. The zero-order chi connectivity index (χ0) is 13.7. The van der Waals surface area contributed by atoms with Crippen molar-refractivity contribution in [1.29, 1.82) is 0 Å². The van der Waals surface area contributed by atoms with E-state index in [1.807, 2.05) is 20.8 Å². The van der Waals surface area contributed by atoms with Crippen LogP contribution in [0.2, 0.25) is 0 Å². The van der Waals surface area contributed by atoms with E-state index in [0.717, 1.165) is 16.5 Å². The molecule has 0 saturated heterocycles. The Hall–Kier alpha value is -1.62. The van der Waals surface area contributed by atoms with Crippen molar-refractivity contribution in [3.8, 4) is 0 Å². The Bertz CT molecular complexity index is 475. The number of thiophene rings is 1. The highest BCUT2D eigenvalue weighted by molar-refractivity contribution is 7.15. The largest absolute Gasteiger partial charge is 0.478 e. The van der Waals surface area contributed by atoms with E-state index in [-0.39, 0.29) is 5.91 Å². The van der Waals surface area contributed by atoms with Crippen molar-refractivity contribution in [3.05, 3.63) is 27.5 Å². The number of aliphatic carboxylic acids is 1. The van der Waals surface area contributed by atoms with E-state index in [1.54, 1.807) is 6.07 Å². The van der Waals surface area contributed by atoms with Crippen molar-refractivity contribution >= 4 is 29.3 Å². The summed E-state index contributed by atoms with van der Waals surface area (Å²) in [4.78, 5) is 23.7. The molecule has 18 heavy (non-hydrogen) atoms. The maximum Gasteiger partial charge on any atom is 0.328 e. The summed E-state index contributed by atoms with van der Waals surface area (Å²) in [6.45, 7) is 6.55. The Morgan fingerprint density at radius 1 is 1.50 bits per heavy atom. The van der Waals surface area contributed by atoms with E-state index in [4.69, 9.17) is 5.11 Å². The van der Waals surface area contributed by atoms with Crippen molar-refractivity contribution in [2.45, 2.75) is 20.8 Å². The smallest absolute Gasteiger partial charge is 0.328 e. The molecule has 1 aromatic heterocycles. The molecule has 0 aliphatic carbocycles. The lowest BCUT2D eigenvalue weighted by Gasteiger charge is -2.05. The molecule has 0 spiro atoms. The molecule has 0 fully saturated rings. The van der Waals surface area contributed by atoms with Crippen molar-refractivity contribution in [3.63, 3.8) is 0 Å². The highest BCUT2D eigenvalue weighted by Crippen LogP contribution is 2.23. The van der Waals surface area contributed by atoms with Crippen LogP contribution < -0.4 is 5.32 Å². The fourth-order valence-corrected chi connectivity index (χ4v) is 2.30. The first-order valence-electron chi connectivity index (χ1n) is 5.69. The predicted octanol–water partition coefficient (Wildman–Crippen LogP) is 2.54. The lowest BCUT2D eigenvalue weighted by atomic mass is 10.2. The van der Waals surface area contributed by atoms with Gasteiger partial charge in [0.2, 0.25) is 0 Å². The Labute approximate surface area is 110 Å². The van der Waals surface area contributed by atoms with Gasteiger partial charge in [-0.05, 0) is 30.5 Å². The number of aryl methyl sites for hydroxylation is 1. The maximum absolute atomic E-state index is 11.8. The van der Waals surface area contributed by atoms with Gasteiger partial charge in [-0.25, -0.2) is 4.79 Å². The second-order valence-electron chi connectivity index (χ2n) is 4.43. The van der Waals surface area contributed by atoms with E-state index in [0.29, 0.717) is 17.3 Å². The van der Waals surface area contributed by atoms with Gasteiger partial charge in [-0.1, -0.05) is 13.8 Å². The molecule has 0 radical (unpaired) electrons. The number of hydrogen-bond donors (Lipinski definition) is 2. The van der Waals surface area contributed by atoms with E-state index in [9.17, 15) is 9.59 Å². The first-order valence-corrected chi connectivity index (χ1v) is 6.51. The van der Waals surface area contributed by atoms with Crippen LogP contribution in [0.1, 0.15) is 34.0 Å². The molecule has 4 nitrogen and oxygen atoms in total. The van der Waals surface area contributed by atoms with Gasteiger partial charge in [0, 0.05) is 17.5 Å². The average Bonchev–Trinajstić information content (AvgIpc) is 2.65. The molecule has 0 saturated carbocycles. The molecular weight excluding hydrogens is 250 g/mol. The van der Waals surface area contributed by atoms with E-state index in [1.165, 1.54) is 17.4 Å². The predicted molar refractivity (Wildman–Crippen MR) is 72.9 cm³/mol. The summed E-state index contributed by atoms with van der Waals surface area (Å²) in [6, 6.07) is 1.78. The van der Waals surface area contributed by atoms with Crippen molar-refractivity contribution in [2.75, 3.05) is 6.54 Å². The minimum atomic E-state index is -0.992. The summed E-state index contributed by atoms with van der Waals surface area (Å²) in [5.74, 6) is -0.693. The molecule has 5 heteroatoms. The van der Waals surface area contributed by atoms with Gasteiger partial charge in [0.15, 0.2) is 0 Å². The number of carboxylic acid groups (broad SMARTS) is 1. The number of carbonyl (C=O) groups excluding carboxylic acids is 1. The van der Waals surface area contributed by atoms with Crippen LogP contribution in [0.4, 0.5) is 0 Å². The summed E-state index contributed by atoms with van der Waals surface area (Å²) in [5, 5.41) is 11.4. The van der Waals surface area contributed by atoms with Gasteiger partial charge in [0.1, 0.15) is 0 Å². The van der Waals surface area contributed by atoms with Gasteiger partial charge >= 0.3 is 5.97 Å². The molecule has 1 aromatic rings. The number of carboxylic acids is 1. The van der Waals surface area contributed by atoms with Crippen LogP contribution in [0.25, 0.3) is 6.08 Å². The minimum absolute atomic E-state index is 0.105. The number of hydrogen-bond acceptors (Lipinski definition) is 3. The third-order valence-corrected chi connectivity index (χ3v) is 3.43. The highest BCUT2D eigenvalue weighted by atomic mass is 32.1. The van der Waals surface area contributed by atoms with Gasteiger partial charge < -0.3 is 10.4 Å². The third kappa shape index (κ3) is 4.33. The van der Waals surface area contributed by atoms with Gasteiger partial charge in [-0.3, -0.25) is 4.79 Å². The third-order valence-electron chi connectivity index (χ3n) is 2.23. The number of nitrogens with one attached hydrogen (secondary N) is 1. The molecule has 0 aliphatic heterocycles. The topological polar surface area (TPSA) is 66.4 Å². The molecule has 2 N–H and O–H groups in total. The van der Waals surface area contributed by atoms with Gasteiger partial charge in [0.05, 0.1) is 4.88 Å². The van der Waals surface area contributed by atoms with Crippen LogP contribution >= 0.6 is 11.3 Å². The monoisotopic (exact) mass is 267 g/mol. The van der Waals surface area contributed by atoms with Gasteiger partial charge in [-0.2, -0.15) is 0 Å². The Balaban J connectivity index is 2.77. The highest BCUT2D eigenvalue weighted by Gasteiger charge is 2.11. The van der Waals surface area contributed by atoms with Gasteiger partial charge in [-0.15, -0.1) is 11.3 Å². The van der Waals surface area contributed by atoms with Gasteiger partial charge in [0.25, 0.3) is 5.91 Å². The maximum atomic E-state index is 11.8. The van der Waals surface area contributed by atoms with Crippen molar-refractivity contribution in [1.82, 2.24) is 5.32 Å². The first kappa shape index (κ1) is 14.4. The molecule has 0 aromatic carbocycles. The fraction of sp³-hybridized carbons (Fsp3) is 0.385. The van der Waals surface area contributed by atoms with Crippen LogP contribution in [0.15, 0.2) is 12.1 Å². The van der Waals surface area contributed by atoms with Crippen LogP contribution in [-0.4, -0.2) is 23.5 Å². The number of amides is 1. The normalized spacial score (nSPS) is 11.1. The Kier molecular flexibility index (Phi) is 5.09. The lowest BCUT2D eigenvalue weighted by Crippen LogP contribution is -2.26.